The molecule has 37 heavy (non-hydrogen) atoms. The predicted molar refractivity (Wildman–Crippen MR) is 140 cm³/mol. The van der Waals surface area contributed by atoms with Gasteiger partial charge in [0.2, 0.25) is 0 Å². The maximum atomic E-state index is 13.9. The van der Waals surface area contributed by atoms with E-state index >= 15 is 0 Å². The van der Waals surface area contributed by atoms with Crippen LogP contribution in [0.25, 0.3) is 44.0 Å². The van der Waals surface area contributed by atoms with Crippen LogP contribution in [0.2, 0.25) is 0 Å². The largest absolute Gasteiger partial charge is 0.496 e. The zero-order valence-corrected chi connectivity index (χ0v) is 20.4. The van der Waals surface area contributed by atoms with Crippen molar-refractivity contribution < 1.29 is 21.2 Å². The summed E-state index contributed by atoms with van der Waals surface area (Å²) in [6.07, 6.45) is 5.59. The Hall–Kier alpha value is -4.33. The molecular formula is C27H20FN3O5S. The average Bonchev–Trinajstić information content (AvgIpc) is 3.22. The van der Waals surface area contributed by atoms with Gasteiger partial charge in [-0.1, -0.05) is 28.0 Å². The van der Waals surface area contributed by atoms with Gasteiger partial charge in [0, 0.05) is 35.1 Å². The molecule has 0 radical (unpaired) electrons. The van der Waals surface area contributed by atoms with Gasteiger partial charge in [0.1, 0.15) is 17.1 Å². The molecule has 186 valence electrons. The third-order valence-corrected chi connectivity index (χ3v) is 7.09. The van der Waals surface area contributed by atoms with Crippen molar-refractivity contribution in [3.05, 3.63) is 70.4 Å². The molecule has 8 nitrogen and oxygen atoms in total. The van der Waals surface area contributed by atoms with Crippen molar-refractivity contribution >= 4 is 43.3 Å². The minimum absolute atomic E-state index is 0.0818. The standard InChI is InChI=1S/C27H20FN3O5S/c1-3-15-7-8-19-22(9-15)30-27-25(19)26(32)21-12-24(35-2)20(11-23(21)31(27)17-13-29-14-17)16-5-4-6-18(10-16)36-37(28,33)34/h1,4-12,17,29-30H,13-14H2,2H3. The smallest absolute Gasteiger partial charge is 0.488 e. The zero-order valence-electron chi connectivity index (χ0n) is 19.5. The van der Waals surface area contributed by atoms with Crippen molar-refractivity contribution in [1.82, 2.24) is 14.9 Å². The van der Waals surface area contributed by atoms with Crippen molar-refractivity contribution in [2.24, 2.45) is 0 Å². The van der Waals surface area contributed by atoms with E-state index in [-0.39, 0.29) is 17.2 Å². The van der Waals surface area contributed by atoms with Crippen LogP contribution in [-0.2, 0) is 10.5 Å². The van der Waals surface area contributed by atoms with Crippen LogP contribution in [0.4, 0.5) is 3.89 Å². The first-order valence-corrected chi connectivity index (χ1v) is 12.7. The number of fused-ring (bicyclic) bond motifs is 4. The van der Waals surface area contributed by atoms with E-state index in [1.54, 1.807) is 18.2 Å². The van der Waals surface area contributed by atoms with E-state index in [1.165, 1.54) is 19.2 Å². The van der Waals surface area contributed by atoms with Crippen LogP contribution in [0.1, 0.15) is 11.6 Å². The molecule has 1 fully saturated rings. The van der Waals surface area contributed by atoms with Gasteiger partial charge in [-0.2, -0.15) is 8.42 Å². The van der Waals surface area contributed by atoms with E-state index in [0.29, 0.717) is 44.4 Å². The molecule has 0 spiro atoms. The van der Waals surface area contributed by atoms with Gasteiger partial charge in [-0.25, -0.2) is 0 Å². The van der Waals surface area contributed by atoms with Crippen LogP contribution >= 0.6 is 0 Å². The first-order chi connectivity index (χ1) is 17.8. The first-order valence-electron chi connectivity index (χ1n) is 11.4. The lowest BCUT2D eigenvalue weighted by atomic mass is 9.99. The number of nitrogens with zero attached hydrogens (tertiary/aromatic N) is 1. The van der Waals surface area contributed by atoms with Gasteiger partial charge in [0.25, 0.3) is 0 Å². The van der Waals surface area contributed by atoms with Gasteiger partial charge in [-0.05, 0) is 42.0 Å². The molecular weight excluding hydrogens is 497 g/mol. The first kappa shape index (κ1) is 23.1. The summed E-state index contributed by atoms with van der Waals surface area (Å²) in [5, 5.41) is 5.10. The van der Waals surface area contributed by atoms with E-state index in [4.69, 9.17) is 11.2 Å². The number of aromatic amines is 1. The molecule has 0 aliphatic carbocycles. The Morgan fingerprint density at radius 2 is 1.92 bits per heavy atom. The molecule has 0 amide bonds. The van der Waals surface area contributed by atoms with Crippen molar-refractivity contribution in [1.29, 1.82) is 0 Å². The molecule has 0 bridgehead atoms. The monoisotopic (exact) mass is 517 g/mol. The van der Waals surface area contributed by atoms with Crippen molar-refractivity contribution in [2.75, 3.05) is 20.2 Å². The number of pyridine rings is 1. The lowest BCUT2D eigenvalue weighted by Gasteiger charge is -2.32. The van der Waals surface area contributed by atoms with Crippen LogP contribution in [0, 0.1) is 12.3 Å². The minimum Gasteiger partial charge on any atom is -0.496 e. The number of halogens is 1. The normalized spacial score (nSPS) is 14.1. The summed E-state index contributed by atoms with van der Waals surface area (Å²) in [6, 6.07) is 15.1. The van der Waals surface area contributed by atoms with Gasteiger partial charge in [0.15, 0.2) is 5.43 Å². The number of ether oxygens (including phenoxy) is 1. The molecule has 3 heterocycles. The summed E-state index contributed by atoms with van der Waals surface area (Å²) in [7, 11) is -3.71. The highest BCUT2D eigenvalue weighted by molar-refractivity contribution is 7.81. The summed E-state index contributed by atoms with van der Waals surface area (Å²) in [4.78, 5) is 17.3. The summed E-state index contributed by atoms with van der Waals surface area (Å²) in [5.74, 6) is 2.84. The number of methoxy groups -OCH3 is 1. The number of terminal acetylenes is 1. The maximum Gasteiger partial charge on any atom is 0.488 e. The highest BCUT2D eigenvalue weighted by atomic mass is 32.3. The Kier molecular flexibility index (Phi) is 5.22. The van der Waals surface area contributed by atoms with E-state index < -0.39 is 10.5 Å². The highest BCUT2D eigenvalue weighted by Crippen LogP contribution is 2.38. The van der Waals surface area contributed by atoms with E-state index in [0.717, 1.165) is 24.0 Å². The highest BCUT2D eigenvalue weighted by Gasteiger charge is 2.26. The molecule has 5 aromatic rings. The third-order valence-electron chi connectivity index (χ3n) is 6.70. The van der Waals surface area contributed by atoms with Crippen molar-refractivity contribution in [2.45, 2.75) is 6.04 Å². The SMILES string of the molecule is C#Cc1ccc2c(c1)[nH]c1c2c(=O)c2cc(OC)c(-c3cccc(OS(=O)(=O)F)c3)cc2n1C1CNC1. The Bertz CT molecular complexity index is 1950. The Balaban J connectivity index is 1.68. The summed E-state index contributed by atoms with van der Waals surface area (Å²) in [5.41, 5.74) is 3.79. The van der Waals surface area contributed by atoms with Crippen molar-refractivity contribution in [3.8, 4) is 35.0 Å². The molecule has 1 saturated heterocycles. The molecule has 1 aliphatic rings. The minimum atomic E-state index is -5.19. The molecule has 10 heteroatoms. The van der Waals surface area contributed by atoms with Crippen LogP contribution < -0.4 is 19.7 Å². The molecule has 0 saturated carbocycles. The summed E-state index contributed by atoms with van der Waals surface area (Å²) >= 11 is 0. The Morgan fingerprint density at radius 3 is 2.59 bits per heavy atom. The average molecular weight is 518 g/mol. The number of H-pyrrole nitrogens is 1. The summed E-state index contributed by atoms with van der Waals surface area (Å²) < 4.78 is 47.3. The second-order valence-corrected chi connectivity index (χ2v) is 9.79. The number of nitrogens with one attached hydrogen (secondary N) is 2. The number of rotatable bonds is 5. The maximum absolute atomic E-state index is 13.9. The second kappa shape index (κ2) is 8.37. The fourth-order valence-electron chi connectivity index (χ4n) is 4.95. The number of hydrogen-bond acceptors (Lipinski definition) is 6. The quantitative estimate of drug-likeness (QED) is 0.270. The number of benzene rings is 3. The van der Waals surface area contributed by atoms with Crippen LogP contribution in [0.5, 0.6) is 11.5 Å². The molecule has 3 aromatic carbocycles. The van der Waals surface area contributed by atoms with E-state index in [9.17, 15) is 17.1 Å². The lowest BCUT2D eigenvalue weighted by molar-refractivity contribution is 0.357. The molecule has 2 aromatic heterocycles. The fraction of sp³-hybridized carbons (Fsp3) is 0.148. The second-order valence-electron chi connectivity index (χ2n) is 8.84. The Morgan fingerprint density at radius 1 is 1.11 bits per heavy atom. The summed E-state index contributed by atoms with van der Waals surface area (Å²) in [6.45, 7) is 1.44. The van der Waals surface area contributed by atoms with Gasteiger partial charge < -0.3 is 23.8 Å². The number of hydrogen-bond donors (Lipinski definition) is 2. The van der Waals surface area contributed by atoms with Gasteiger partial charge in [-0.15, -0.1) is 6.42 Å². The molecule has 0 unspecified atom stereocenters. The van der Waals surface area contributed by atoms with Crippen molar-refractivity contribution in [3.63, 3.8) is 0 Å². The van der Waals surface area contributed by atoms with Crippen LogP contribution in [0.3, 0.4) is 0 Å². The molecule has 2 N–H and O–H groups in total. The van der Waals surface area contributed by atoms with Gasteiger partial charge in [-0.3, -0.25) is 4.79 Å². The van der Waals surface area contributed by atoms with Gasteiger partial charge in [0.05, 0.1) is 29.4 Å². The number of aromatic nitrogens is 2. The Labute approximate surface area is 211 Å². The predicted octanol–water partition coefficient (Wildman–Crippen LogP) is 4.03. The van der Waals surface area contributed by atoms with E-state index in [1.807, 2.05) is 24.3 Å². The zero-order chi connectivity index (χ0) is 25.9. The fourth-order valence-corrected chi connectivity index (χ4v) is 5.28. The molecule has 6 rings (SSSR count). The lowest BCUT2D eigenvalue weighted by Crippen LogP contribution is -2.44. The molecule has 0 atom stereocenters. The van der Waals surface area contributed by atoms with Crippen LogP contribution in [-0.4, -0.2) is 38.2 Å². The van der Waals surface area contributed by atoms with Gasteiger partial charge >= 0.3 is 10.5 Å². The third kappa shape index (κ3) is 3.80. The molecule has 1 aliphatic heterocycles. The van der Waals surface area contributed by atoms with Crippen LogP contribution in [0.15, 0.2) is 59.4 Å². The van der Waals surface area contributed by atoms with E-state index in [2.05, 4.69) is 25.0 Å². The topological polar surface area (TPSA) is 102 Å².